The van der Waals surface area contributed by atoms with Crippen molar-refractivity contribution in [3.05, 3.63) is 57.7 Å². The van der Waals surface area contributed by atoms with E-state index in [9.17, 15) is 4.79 Å². The molecule has 0 bridgehead atoms. The number of hydrogen-bond acceptors (Lipinski definition) is 3. The fraction of sp³-hybridized carbons (Fsp3) is 0.176. The van der Waals surface area contributed by atoms with Crippen LogP contribution in [0.3, 0.4) is 0 Å². The number of guanidine groups is 1. The summed E-state index contributed by atoms with van der Waals surface area (Å²) in [4.78, 5) is 16.0. The summed E-state index contributed by atoms with van der Waals surface area (Å²) in [5.41, 5.74) is 11.8. The number of carbonyl (C=O) groups excluding carboxylic acids is 1. The molecule has 0 unspecified atom stereocenters. The molecule has 0 radical (unpaired) electrons. The summed E-state index contributed by atoms with van der Waals surface area (Å²) in [6.07, 6.45) is 0. The van der Waals surface area contributed by atoms with Gasteiger partial charge in [-0.3, -0.25) is 0 Å². The molecule has 0 fully saturated rings. The number of ether oxygens (including phenoxy) is 1. The molecule has 6 heteroatoms. The zero-order chi connectivity index (χ0) is 16.8. The Balaban J connectivity index is 2.02. The van der Waals surface area contributed by atoms with Crippen molar-refractivity contribution in [2.75, 3.05) is 0 Å². The van der Waals surface area contributed by atoms with Crippen LogP contribution in [0.4, 0.5) is 5.69 Å². The molecule has 0 spiro atoms. The molecule has 4 N–H and O–H groups in total. The zero-order valence-corrected chi connectivity index (χ0v) is 15.2. The van der Waals surface area contributed by atoms with Crippen molar-refractivity contribution in [3.8, 4) is 5.75 Å². The van der Waals surface area contributed by atoms with Crippen molar-refractivity contribution in [1.82, 2.24) is 0 Å². The maximum atomic E-state index is 12.1. The number of nitrogens with two attached hydrogens (primary N) is 2. The van der Waals surface area contributed by atoms with Crippen LogP contribution < -0.4 is 37.4 Å². The molecule has 0 saturated carbocycles. The van der Waals surface area contributed by atoms with E-state index in [0.29, 0.717) is 20.9 Å². The van der Waals surface area contributed by atoms with Crippen molar-refractivity contribution in [2.45, 2.75) is 17.8 Å². The number of aliphatic imine (C=N–C) groups is 1. The zero-order valence-electron chi connectivity index (χ0n) is 13.0. The number of hydrogen-bond donors (Lipinski definition) is 2. The van der Waals surface area contributed by atoms with E-state index in [1.165, 1.54) is 3.57 Å². The third-order valence-electron chi connectivity index (χ3n) is 2.73. The molecule has 5 nitrogen and oxygen atoms in total. The van der Waals surface area contributed by atoms with E-state index >= 15 is 0 Å². The number of esters is 1. The Bertz CT molecular complexity index is 691. The van der Waals surface area contributed by atoms with Gasteiger partial charge in [0, 0.05) is 0 Å². The Kier molecular flexibility index (Phi) is 5.97. The second-order valence-corrected chi connectivity index (χ2v) is 9.41. The van der Waals surface area contributed by atoms with Crippen LogP contribution in [0.25, 0.3) is 0 Å². The summed E-state index contributed by atoms with van der Waals surface area (Å²) < 4.78 is 7.35. The second kappa shape index (κ2) is 7.96. The van der Waals surface area contributed by atoms with Gasteiger partial charge in [-0.1, -0.05) is 0 Å². The van der Waals surface area contributed by atoms with Gasteiger partial charge >= 0.3 is 135 Å². The molecule has 0 aromatic heterocycles. The summed E-state index contributed by atoms with van der Waals surface area (Å²) in [6.45, 7) is 4.42. The predicted octanol–water partition coefficient (Wildman–Crippen LogP) is -0.522. The SMILES string of the molecule is CC(C)[I-]c1ccc(C(=O)Oc2ccc(N=C(N)N)cc2)cc1. The van der Waals surface area contributed by atoms with Gasteiger partial charge in [0.1, 0.15) is 0 Å². The van der Waals surface area contributed by atoms with E-state index in [2.05, 4.69) is 18.8 Å². The van der Waals surface area contributed by atoms with Crippen molar-refractivity contribution in [3.63, 3.8) is 0 Å². The first-order valence-electron chi connectivity index (χ1n) is 7.09. The van der Waals surface area contributed by atoms with Crippen LogP contribution in [0.15, 0.2) is 53.5 Å². The monoisotopic (exact) mass is 424 g/mol. The van der Waals surface area contributed by atoms with E-state index in [0.717, 1.165) is 0 Å². The Labute approximate surface area is 146 Å². The van der Waals surface area contributed by atoms with E-state index in [1.54, 1.807) is 24.3 Å². The third-order valence-corrected chi connectivity index (χ3v) is 5.41. The summed E-state index contributed by atoms with van der Waals surface area (Å²) in [5.74, 6) is 0.0520. The van der Waals surface area contributed by atoms with Gasteiger partial charge in [-0.2, -0.15) is 0 Å². The molecule has 23 heavy (non-hydrogen) atoms. The Hall–Kier alpha value is -2.09. The van der Waals surface area contributed by atoms with E-state index < -0.39 is 0 Å². The van der Waals surface area contributed by atoms with E-state index in [1.807, 2.05) is 24.3 Å². The van der Waals surface area contributed by atoms with Crippen molar-refractivity contribution in [2.24, 2.45) is 16.5 Å². The average Bonchev–Trinajstić information content (AvgIpc) is 2.49. The third kappa shape index (κ3) is 5.55. The normalized spacial score (nSPS) is 10.6. The second-order valence-electron chi connectivity index (χ2n) is 5.05. The number of benzene rings is 2. The van der Waals surface area contributed by atoms with Gasteiger partial charge < -0.3 is 11.5 Å². The first kappa shape index (κ1) is 17.3. The Morgan fingerprint density at radius 2 is 1.65 bits per heavy atom. The summed E-state index contributed by atoms with van der Waals surface area (Å²) in [5, 5.41) is 0. The van der Waals surface area contributed by atoms with Crippen molar-refractivity contribution < 1.29 is 30.7 Å². The number of halogens is 1. The van der Waals surface area contributed by atoms with Gasteiger partial charge in [0.05, 0.1) is 0 Å². The first-order chi connectivity index (χ1) is 10.9. The molecule has 0 saturated heterocycles. The van der Waals surface area contributed by atoms with Crippen LogP contribution in [0.2, 0.25) is 0 Å². The molecular weight excluding hydrogens is 405 g/mol. The fourth-order valence-corrected chi connectivity index (χ4v) is 4.03. The van der Waals surface area contributed by atoms with Crippen LogP contribution in [0.1, 0.15) is 24.2 Å². The number of rotatable bonds is 5. The van der Waals surface area contributed by atoms with Crippen LogP contribution in [-0.4, -0.2) is 15.9 Å². The molecular formula is C17H19IN3O2-. The molecule has 2 rings (SSSR count). The molecule has 0 heterocycles. The van der Waals surface area contributed by atoms with Crippen molar-refractivity contribution >= 4 is 17.6 Å². The molecule has 2 aromatic rings. The summed E-state index contributed by atoms with van der Waals surface area (Å²) in [6, 6.07) is 14.3. The van der Waals surface area contributed by atoms with E-state index in [-0.39, 0.29) is 33.1 Å². The summed E-state index contributed by atoms with van der Waals surface area (Å²) >= 11 is -0.0110. The van der Waals surface area contributed by atoms with Crippen molar-refractivity contribution in [1.29, 1.82) is 0 Å². The van der Waals surface area contributed by atoms with Gasteiger partial charge in [-0.15, -0.1) is 0 Å². The standard InChI is InChI=1S/C17H19IN3O2/c1-11(2)18-13-5-3-12(4-6-13)16(22)23-15-9-7-14(8-10-15)21-17(19)20/h3-11H,1-2H3,(H4,19,20,21)/q-1. The molecule has 0 aliphatic heterocycles. The quantitative estimate of drug-likeness (QED) is 0.169. The molecule has 0 amide bonds. The molecule has 0 aliphatic carbocycles. The summed E-state index contributed by atoms with van der Waals surface area (Å²) in [7, 11) is 0. The van der Waals surface area contributed by atoms with Gasteiger partial charge in [-0.05, 0) is 0 Å². The first-order valence-corrected chi connectivity index (χ1v) is 9.42. The number of alkyl halides is 1. The Morgan fingerprint density at radius 3 is 2.17 bits per heavy atom. The van der Waals surface area contributed by atoms with Crippen LogP contribution >= 0.6 is 0 Å². The van der Waals surface area contributed by atoms with Crippen LogP contribution in [0, 0.1) is 3.57 Å². The van der Waals surface area contributed by atoms with Gasteiger partial charge in [-0.25, -0.2) is 0 Å². The number of carbonyl (C=O) groups is 1. The van der Waals surface area contributed by atoms with Gasteiger partial charge in [0.25, 0.3) is 0 Å². The Morgan fingerprint density at radius 1 is 1.04 bits per heavy atom. The predicted molar refractivity (Wildman–Crippen MR) is 87.1 cm³/mol. The average molecular weight is 424 g/mol. The molecule has 2 aromatic carbocycles. The fourth-order valence-electron chi connectivity index (χ4n) is 1.81. The molecule has 0 aliphatic rings. The maximum absolute atomic E-state index is 12.1. The topological polar surface area (TPSA) is 90.7 Å². The number of nitrogens with zero attached hydrogens (tertiary/aromatic N) is 1. The molecule has 122 valence electrons. The molecule has 0 atom stereocenters. The van der Waals surface area contributed by atoms with Gasteiger partial charge in [0.2, 0.25) is 0 Å². The van der Waals surface area contributed by atoms with Crippen LogP contribution in [0.5, 0.6) is 5.75 Å². The van der Waals surface area contributed by atoms with Gasteiger partial charge in [0.15, 0.2) is 0 Å². The van der Waals surface area contributed by atoms with Crippen LogP contribution in [-0.2, 0) is 0 Å². The van der Waals surface area contributed by atoms with E-state index in [4.69, 9.17) is 16.2 Å². The minimum absolute atomic E-state index is 0.0110. The minimum atomic E-state index is -0.381.